The van der Waals surface area contributed by atoms with E-state index in [2.05, 4.69) is 31.3 Å². The minimum atomic E-state index is -0.277. The number of ether oxygens (including phenoxy) is 1. The van der Waals surface area contributed by atoms with Gasteiger partial charge >= 0.3 is 0 Å². The first-order chi connectivity index (χ1) is 17.8. The Labute approximate surface area is 219 Å². The Hall–Kier alpha value is -3.45. The number of anilines is 1. The maximum Gasteiger partial charge on any atom is 0.246 e. The van der Waals surface area contributed by atoms with Crippen LogP contribution in [0, 0.1) is 5.92 Å². The van der Waals surface area contributed by atoms with Crippen LogP contribution < -0.4 is 5.32 Å². The predicted octanol–water partition coefficient (Wildman–Crippen LogP) is 5.65. The summed E-state index contributed by atoms with van der Waals surface area (Å²) in [5.41, 5.74) is 3.87. The molecule has 1 saturated heterocycles. The van der Waals surface area contributed by atoms with Crippen LogP contribution in [0.25, 0.3) is 16.9 Å². The second kappa shape index (κ2) is 12.2. The van der Waals surface area contributed by atoms with Gasteiger partial charge in [-0.2, -0.15) is 0 Å². The molecule has 0 radical (unpaired) electrons. The van der Waals surface area contributed by atoms with Crippen molar-refractivity contribution in [2.45, 2.75) is 59.0 Å². The second-order valence-electron chi connectivity index (χ2n) is 10.5. The average molecular weight is 503 g/mol. The Morgan fingerprint density at radius 3 is 2.43 bits per heavy atom. The molecule has 7 heteroatoms. The number of rotatable bonds is 10. The van der Waals surface area contributed by atoms with Crippen molar-refractivity contribution in [3.05, 3.63) is 66.4 Å². The van der Waals surface area contributed by atoms with Gasteiger partial charge in [0, 0.05) is 37.0 Å². The van der Waals surface area contributed by atoms with E-state index in [1.165, 1.54) is 5.56 Å². The van der Waals surface area contributed by atoms with Gasteiger partial charge in [-0.05, 0) is 42.4 Å². The summed E-state index contributed by atoms with van der Waals surface area (Å²) >= 11 is 0. The third kappa shape index (κ3) is 7.07. The van der Waals surface area contributed by atoms with Gasteiger partial charge in [-0.25, -0.2) is 4.98 Å². The molecule has 2 amide bonds. The van der Waals surface area contributed by atoms with Crippen molar-refractivity contribution in [2.75, 3.05) is 25.0 Å². The van der Waals surface area contributed by atoms with E-state index >= 15 is 0 Å². The maximum absolute atomic E-state index is 13.3. The van der Waals surface area contributed by atoms with E-state index in [9.17, 15) is 9.59 Å². The number of hydrogen-bond acceptors (Lipinski definition) is 4. The number of aromatic nitrogens is 2. The summed E-state index contributed by atoms with van der Waals surface area (Å²) < 4.78 is 7.65. The van der Waals surface area contributed by atoms with Crippen LogP contribution >= 0.6 is 0 Å². The molecular formula is C30H38N4O3. The molecule has 2 aromatic carbocycles. The molecule has 196 valence electrons. The summed E-state index contributed by atoms with van der Waals surface area (Å²) in [5, 5.41) is 2.98. The van der Waals surface area contributed by atoms with Gasteiger partial charge in [0.1, 0.15) is 6.54 Å². The molecule has 4 rings (SSSR count). The normalized spacial score (nSPS) is 15.4. The summed E-state index contributed by atoms with van der Waals surface area (Å²) in [6, 6.07) is 18.2. The van der Waals surface area contributed by atoms with Gasteiger partial charge in [-0.3, -0.25) is 19.5 Å². The fraction of sp³-hybridized carbons (Fsp3) is 0.433. The van der Waals surface area contributed by atoms with Crippen LogP contribution in [-0.4, -0.2) is 52.1 Å². The zero-order valence-corrected chi connectivity index (χ0v) is 22.3. The second-order valence-corrected chi connectivity index (χ2v) is 10.5. The SMILES string of the molecule is CC(C)CC(=O)N(CC(=O)Nc1nc(-c2ccccc2)cn1-c1ccc(C(C)C)cc1)C[C@H]1CCCO1. The summed E-state index contributed by atoms with van der Waals surface area (Å²) in [7, 11) is 0. The monoisotopic (exact) mass is 502 g/mol. The van der Waals surface area contributed by atoms with Gasteiger partial charge < -0.3 is 9.64 Å². The first-order valence-electron chi connectivity index (χ1n) is 13.2. The number of imidazole rings is 1. The molecule has 0 saturated carbocycles. The third-order valence-electron chi connectivity index (χ3n) is 6.58. The molecule has 0 unspecified atom stereocenters. The molecule has 1 atom stereocenters. The maximum atomic E-state index is 13.3. The number of amides is 2. The first-order valence-corrected chi connectivity index (χ1v) is 13.2. The van der Waals surface area contributed by atoms with Crippen LogP contribution in [0.5, 0.6) is 0 Å². The van der Waals surface area contributed by atoms with Gasteiger partial charge in [0.05, 0.1) is 11.8 Å². The topological polar surface area (TPSA) is 76.5 Å². The Kier molecular flexibility index (Phi) is 8.77. The molecular weight excluding hydrogens is 464 g/mol. The largest absolute Gasteiger partial charge is 0.376 e. The molecule has 3 aromatic rings. The predicted molar refractivity (Wildman–Crippen MR) is 147 cm³/mol. The van der Waals surface area contributed by atoms with Gasteiger partial charge in [0.15, 0.2) is 0 Å². The first kappa shape index (κ1) is 26.6. The highest BCUT2D eigenvalue weighted by Gasteiger charge is 2.25. The summed E-state index contributed by atoms with van der Waals surface area (Å²) in [5.74, 6) is 0.755. The lowest BCUT2D eigenvalue weighted by molar-refractivity contribution is -0.136. The number of carbonyl (C=O) groups is 2. The van der Waals surface area contributed by atoms with E-state index in [4.69, 9.17) is 9.72 Å². The minimum absolute atomic E-state index is 0.0185. The lowest BCUT2D eigenvalue weighted by Crippen LogP contribution is -2.42. The van der Waals surface area contributed by atoms with E-state index in [1.54, 1.807) is 4.90 Å². The molecule has 2 heterocycles. The molecule has 0 aliphatic carbocycles. The van der Waals surface area contributed by atoms with E-state index in [0.717, 1.165) is 29.8 Å². The minimum Gasteiger partial charge on any atom is -0.376 e. The molecule has 1 fully saturated rings. The van der Waals surface area contributed by atoms with E-state index in [1.807, 2.05) is 67.1 Å². The van der Waals surface area contributed by atoms with Crippen molar-refractivity contribution < 1.29 is 14.3 Å². The van der Waals surface area contributed by atoms with E-state index < -0.39 is 0 Å². The van der Waals surface area contributed by atoms with Crippen molar-refractivity contribution in [3.8, 4) is 16.9 Å². The smallest absolute Gasteiger partial charge is 0.246 e. The summed E-state index contributed by atoms with van der Waals surface area (Å²) in [4.78, 5) is 32.6. The lowest BCUT2D eigenvalue weighted by Gasteiger charge is -2.25. The Morgan fingerprint density at radius 2 is 1.81 bits per heavy atom. The van der Waals surface area contributed by atoms with Crippen LogP contribution in [0.3, 0.4) is 0 Å². The highest BCUT2D eigenvalue weighted by atomic mass is 16.5. The number of benzene rings is 2. The number of nitrogens with zero attached hydrogens (tertiary/aromatic N) is 3. The van der Waals surface area contributed by atoms with Crippen LogP contribution in [0.1, 0.15) is 58.4 Å². The molecule has 1 aromatic heterocycles. The average Bonchev–Trinajstić information content (AvgIpc) is 3.54. The molecule has 7 nitrogen and oxygen atoms in total. The van der Waals surface area contributed by atoms with Gasteiger partial charge in [-0.1, -0.05) is 70.2 Å². The Balaban J connectivity index is 1.58. The quantitative estimate of drug-likeness (QED) is 0.388. The van der Waals surface area contributed by atoms with Gasteiger partial charge in [0.2, 0.25) is 17.8 Å². The molecule has 1 aliphatic rings. The van der Waals surface area contributed by atoms with E-state index in [-0.39, 0.29) is 30.4 Å². The van der Waals surface area contributed by atoms with Crippen molar-refractivity contribution in [1.82, 2.24) is 14.5 Å². The lowest BCUT2D eigenvalue weighted by atomic mass is 10.0. The number of hydrogen-bond donors (Lipinski definition) is 1. The zero-order chi connectivity index (χ0) is 26.4. The molecule has 37 heavy (non-hydrogen) atoms. The van der Waals surface area contributed by atoms with Crippen molar-refractivity contribution in [3.63, 3.8) is 0 Å². The van der Waals surface area contributed by atoms with Crippen LogP contribution in [0.2, 0.25) is 0 Å². The van der Waals surface area contributed by atoms with Crippen LogP contribution in [0.15, 0.2) is 60.8 Å². The fourth-order valence-electron chi connectivity index (χ4n) is 4.54. The fourth-order valence-corrected chi connectivity index (χ4v) is 4.54. The standard InChI is InChI=1S/C30H38N4O3/c1-21(2)17-29(36)33(18-26-11-8-16-37-26)20-28(35)32-30-31-27(24-9-6-5-7-10-24)19-34(30)25-14-12-23(13-15-25)22(3)4/h5-7,9-10,12-15,19,21-22,26H,8,11,16-18,20H2,1-4H3,(H,31,32,35)/t26-/m1/s1. The van der Waals surface area contributed by atoms with Crippen molar-refractivity contribution in [2.24, 2.45) is 5.92 Å². The van der Waals surface area contributed by atoms with Crippen LogP contribution in [-0.2, 0) is 14.3 Å². The molecule has 1 aliphatic heterocycles. The molecule has 0 spiro atoms. The van der Waals surface area contributed by atoms with Gasteiger partial charge in [0.25, 0.3) is 0 Å². The number of nitrogens with one attached hydrogen (secondary N) is 1. The number of carbonyl (C=O) groups excluding carboxylic acids is 2. The highest BCUT2D eigenvalue weighted by Crippen LogP contribution is 2.26. The zero-order valence-electron chi connectivity index (χ0n) is 22.3. The Bertz CT molecular complexity index is 1180. The molecule has 0 bridgehead atoms. The van der Waals surface area contributed by atoms with Gasteiger partial charge in [-0.15, -0.1) is 0 Å². The Morgan fingerprint density at radius 1 is 1.08 bits per heavy atom. The molecule has 1 N–H and O–H groups in total. The van der Waals surface area contributed by atoms with E-state index in [0.29, 0.717) is 31.4 Å². The third-order valence-corrected chi connectivity index (χ3v) is 6.58. The summed E-state index contributed by atoms with van der Waals surface area (Å²) in [6.07, 6.45) is 4.20. The highest BCUT2D eigenvalue weighted by molar-refractivity contribution is 5.94. The van der Waals surface area contributed by atoms with Crippen molar-refractivity contribution in [1.29, 1.82) is 0 Å². The van der Waals surface area contributed by atoms with Crippen molar-refractivity contribution >= 4 is 17.8 Å². The van der Waals surface area contributed by atoms with Crippen LogP contribution in [0.4, 0.5) is 5.95 Å². The summed E-state index contributed by atoms with van der Waals surface area (Å²) in [6.45, 7) is 9.44.